The van der Waals surface area contributed by atoms with E-state index < -0.39 is 23.3 Å². The summed E-state index contributed by atoms with van der Waals surface area (Å²) in [6.45, 7) is 4.84. The zero-order valence-electron chi connectivity index (χ0n) is 22.5. The third-order valence-electron chi connectivity index (χ3n) is 7.44. The molecule has 4 rings (SSSR count). The number of hydrogen-bond donors (Lipinski definition) is 2. The van der Waals surface area contributed by atoms with Gasteiger partial charge in [-0.1, -0.05) is 18.1 Å². The minimum absolute atomic E-state index is 0.0151. The molecule has 3 heterocycles. The minimum atomic E-state index is -4.55. The number of pyridine rings is 1. The number of carbonyl (C=O) groups excluding carboxylic acids is 2. The van der Waals surface area contributed by atoms with Crippen molar-refractivity contribution in [3.8, 4) is 12.3 Å². The van der Waals surface area contributed by atoms with Gasteiger partial charge in [0.25, 0.3) is 5.56 Å². The highest BCUT2D eigenvalue weighted by Crippen LogP contribution is 2.37. The van der Waals surface area contributed by atoms with Gasteiger partial charge in [-0.2, -0.15) is 13.2 Å². The molecular weight excluding hydrogens is 525 g/mol. The van der Waals surface area contributed by atoms with Crippen LogP contribution >= 0.6 is 0 Å². The third-order valence-corrected chi connectivity index (χ3v) is 7.44. The molecule has 1 atom stereocenters. The first-order chi connectivity index (χ1) is 18.8. The van der Waals surface area contributed by atoms with E-state index in [1.54, 1.807) is 11.0 Å². The van der Waals surface area contributed by atoms with E-state index in [1.165, 1.54) is 50.8 Å². The molecule has 3 aromatic rings. The molecule has 1 aromatic carbocycles. The molecule has 1 saturated heterocycles. The van der Waals surface area contributed by atoms with Crippen molar-refractivity contribution >= 4 is 28.7 Å². The first-order valence-corrected chi connectivity index (χ1v) is 12.6. The van der Waals surface area contributed by atoms with Crippen LogP contribution in [0.25, 0.3) is 11.0 Å². The summed E-state index contributed by atoms with van der Waals surface area (Å²) in [5, 5.41) is 6.38. The average Bonchev–Trinajstić information content (AvgIpc) is 2.89. The van der Waals surface area contributed by atoms with E-state index in [0.29, 0.717) is 31.3 Å². The molecule has 0 unspecified atom stereocenters. The molecule has 9 nitrogen and oxygen atoms in total. The second-order valence-corrected chi connectivity index (χ2v) is 9.91. The summed E-state index contributed by atoms with van der Waals surface area (Å²) in [6.07, 6.45) is 3.05. The van der Waals surface area contributed by atoms with E-state index in [-0.39, 0.29) is 45.5 Å². The molecule has 40 heavy (non-hydrogen) atoms. The molecule has 2 N–H and O–H groups in total. The van der Waals surface area contributed by atoms with Crippen LogP contribution in [0.4, 0.5) is 19.0 Å². The molecule has 1 aliphatic rings. The van der Waals surface area contributed by atoms with Crippen LogP contribution in [-0.4, -0.2) is 44.3 Å². The average molecular weight is 555 g/mol. The van der Waals surface area contributed by atoms with Crippen LogP contribution in [0, 0.1) is 19.3 Å². The predicted octanol–water partition coefficient (Wildman–Crippen LogP) is 3.42. The second kappa shape index (κ2) is 10.6. The first-order valence-electron chi connectivity index (χ1n) is 12.6. The summed E-state index contributed by atoms with van der Waals surface area (Å²) in [5.41, 5.74) is -1.45. The fourth-order valence-electron chi connectivity index (χ4n) is 5.35. The van der Waals surface area contributed by atoms with E-state index >= 15 is 0 Å². The number of nitrogens with zero attached hydrogens (tertiary/aromatic N) is 4. The van der Waals surface area contributed by atoms with Gasteiger partial charge in [0, 0.05) is 39.5 Å². The number of halogens is 3. The SMILES string of the molecule is C#C[C@@H](Nc1ncnc2c1cc(C1(NC(C)=O)CCN(C(C)=O)CC1)c(=O)n2C)c1cccc(C(F)(F)F)c1C. The summed E-state index contributed by atoms with van der Waals surface area (Å²) in [7, 11) is 1.53. The van der Waals surface area contributed by atoms with Gasteiger partial charge in [0.1, 0.15) is 23.8 Å². The van der Waals surface area contributed by atoms with Gasteiger partial charge in [-0.25, -0.2) is 9.97 Å². The first kappa shape index (κ1) is 28.6. The van der Waals surface area contributed by atoms with Crippen LogP contribution in [0.5, 0.6) is 0 Å². The van der Waals surface area contributed by atoms with Crippen molar-refractivity contribution in [1.29, 1.82) is 0 Å². The topological polar surface area (TPSA) is 109 Å². The Hall–Kier alpha value is -4.40. The lowest BCUT2D eigenvalue weighted by Gasteiger charge is -2.42. The molecule has 0 bridgehead atoms. The summed E-state index contributed by atoms with van der Waals surface area (Å²) in [6, 6.07) is 4.41. The van der Waals surface area contributed by atoms with Gasteiger partial charge in [0.2, 0.25) is 11.8 Å². The van der Waals surface area contributed by atoms with Crippen LogP contribution in [-0.2, 0) is 28.4 Å². The maximum atomic E-state index is 13.6. The predicted molar refractivity (Wildman–Crippen MR) is 143 cm³/mol. The number of fused-ring (bicyclic) bond motifs is 1. The quantitative estimate of drug-likeness (QED) is 0.468. The van der Waals surface area contributed by atoms with E-state index in [0.717, 1.165) is 6.07 Å². The van der Waals surface area contributed by atoms with Gasteiger partial charge in [-0.05, 0) is 43.0 Å². The Balaban J connectivity index is 1.84. The molecule has 12 heteroatoms. The minimum Gasteiger partial charge on any atom is -0.352 e. The van der Waals surface area contributed by atoms with Gasteiger partial charge >= 0.3 is 6.18 Å². The lowest BCUT2D eigenvalue weighted by molar-refractivity contribution is -0.138. The number of amides is 2. The van der Waals surface area contributed by atoms with Crippen molar-refractivity contribution in [3.63, 3.8) is 0 Å². The summed E-state index contributed by atoms with van der Waals surface area (Å²) < 4.78 is 42.0. The lowest BCUT2D eigenvalue weighted by atomic mass is 9.80. The van der Waals surface area contributed by atoms with E-state index in [4.69, 9.17) is 6.42 Å². The van der Waals surface area contributed by atoms with Gasteiger partial charge < -0.3 is 15.5 Å². The Morgan fingerprint density at radius 2 is 1.85 bits per heavy atom. The molecule has 0 radical (unpaired) electrons. The van der Waals surface area contributed by atoms with Crippen LogP contribution in [0.15, 0.2) is 35.4 Å². The number of terminal acetylenes is 1. The Morgan fingerprint density at radius 1 is 1.18 bits per heavy atom. The number of aryl methyl sites for hydroxylation is 1. The smallest absolute Gasteiger partial charge is 0.352 e. The maximum Gasteiger partial charge on any atom is 0.416 e. The number of likely N-dealkylation sites (tertiary alicyclic amines) is 1. The number of carbonyl (C=O) groups is 2. The number of anilines is 1. The van der Waals surface area contributed by atoms with Crippen molar-refractivity contribution in [3.05, 3.63) is 63.2 Å². The molecule has 2 amide bonds. The number of aromatic nitrogens is 3. The van der Waals surface area contributed by atoms with Gasteiger partial charge in [-0.3, -0.25) is 19.0 Å². The summed E-state index contributed by atoms with van der Waals surface area (Å²) >= 11 is 0. The van der Waals surface area contributed by atoms with Gasteiger partial charge in [-0.15, -0.1) is 6.42 Å². The van der Waals surface area contributed by atoms with Crippen molar-refractivity contribution in [2.45, 2.75) is 51.4 Å². The maximum absolute atomic E-state index is 13.6. The van der Waals surface area contributed by atoms with Crippen LogP contribution in [0.3, 0.4) is 0 Å². The number of nitrogens with one attached hydrogen (secondary N) is 2. The van der Waals surface area contributed by atoms with E-state index in [2.05, 4.69) is 26.5 Å². The molecule has 210 valence electrons. The van der Waals surface area contributed by atoms with Crippen molar-refractivity contribution in [2.75, 3.05) is 18.4 Å². The highest BCUT2D eigenvalue weighted by atomic mass is 19.4. The summed E-state index contributed by atoms with van der Waals surface area (Å²) in [5.74, 6) is 2.27. The molecule has 0 spiro atoms. The molecule has 2 aromatic heterocycles. The fraction of sp³-hybridized carbons (Fsp3) is 0.393. The van der Waals surface area contributed by atoms with E-state index in [9.17, 15) is 27.6 Å². The standard InChI is InChI=1S/C28H29F3N6O3/c1-6-23(19-8-7-9-21(16(19)2)28(29,30)31)34-24-20-14-22(26(40)36(5)25(20)33-15-32-24)27(35-17(3)38)10-12-37(13-11-27)18(4)39/h1,7-9,14-15,23H,10-13H2,2-5H3,(H,35,38)(H,32,33,34)/t23-/m1/s1. The normalized spacial score (nSPS) is 15.8. The van der Waals surface area contributed by atoms with Crippen molar-refractivity contribution < 1.29 is 22.8 Å². The number of hydrogen-bond acceptors (Lipinski definition) is 6. The third kappa shape index (κ3) is 5.23. The van der Waals surface area contributed by atoms with Gasteiger partial charge in [0.05, 0.1) is 16.5 Å². The molecular formula is C28H29F3N6O3. The molecule has 1 fully saturated rings. The zero-order chi connectivity index (χ0) is 29.4. The highest BCUT2D eigenvalue weighted by molar-refractivity contribution is 5.88. The van der Waals surface area contributed by atoms with Crippen LogP contribution in [0.2, 0.25) is 0 Å². The number of benzene rings is 1. The molecule has 0 saturated carbocycles. The van der Waals surface area contributed by atoms with Crippen molar-refractivity contribution in [2.24, 2.45) is 7.05 Å². The molecule has 0 aliphatic carbocycles. The van der Waals surface area contributed by atoms with Crippen LogP contribution < -0.4 is 16.2 Å². The number of piperidine rings is 1. The van der Waals surface area contributed by atoms with Crippen LogP contribution in [0.1, 0.15) is 55.0 Å². The fourth-order valence-corrected chi connectivity index (χ4v) is 5.35. The number of rotatable bonds is 5. The van der Waals surface area contributed by atoms with Gasteiger partial charge in [0.15, 0.2) is 0 Å². The molecule has 1 aliphatic heterocycles. The largest absolute Gasteiger partial charge is 0.416 e. The monoisotopic (exact) mass is 554 g/mol. The Bertz CT molecular complexity index is 1580. The van der Waals surface area contributed by atoms with Crippen molar-refractivity contribution in [1.82, 2.24) is 24.8 Å². The Morgan fingerprint density at radius 3 is 2.42 bits per heavy atom. The lowest BCUT2D eigenvalue weighted by Crippen LogP contribution is -2.55. The Kier molecular flexibility index (Phi) is 7.61. The number of alkyl halides is 3. The Labute approximate surface area is 228 Å². The zero-order valence-corrected chi connectivity index (χ0v) is 22.5. The summed E-state index contributed by atoms with van der Waals surface area (Å²) in [4.78, 5) is 48.0. The highest BCUT2D eigenvalue weighted by Gasteiger charge is 2.40. The second-order valence-electron chi connectivity index (χ2n) is 9.91. The van der Waals surface area contributed by atoms with E-state index in [1.807, 2.05) is 0 Å².